The highest BCUT2D eigenvalue weighted by molar-refractivity contribution is 9.10. The van der Waals surface area contributed by atoms with Crippen LogP contribution in [0.15, 0.2) is 22.7 Å². The van der Waals surface area contributed by atoms with Crippen molar-refractivity contribution in [2.24, 2.45) is 0 Å². The summed E-state index contributed by atoms with van der Waals surface area (Å²) in [6, 6.07) is 2.88. The summed E-state index contributed by atoms with van der Waals surface area (Å²) in [5.41, 5.74) is 1.02. The maximum absolute atomic E-state index is 14.7. The third kappa shape index (κ3) is 11.8. The number of amides is 3. The molecule has 2 atom stereocenters. The van der Waals surface area contributed by atoms with Crippen LogP contribution in [0.25, 0.3) is 0 Å². The first-order valence-corrected chi connectivity index (χ1v) is 21.7. The number of hydrogen-bond donors (Lipinski definition) is 2. The Kier molecular flexibility index (Phi) is 17.0. The van der Waals surface area contributed by atoms with Crippen LogP contribution in [0.4, 0.5) is 8.78 Å². The molecular formula is C33H55BrF2N3O9PSi. The zero-order chi connectivity index (χ0) is 38.0. The van der Waals surface area contributed by atoms with Crippen molar-refractivity contribution in [3.63, 3.8) is 0 Å². The van der Waals surface area contributed by atoms with E-state index in [1.54, 1.807) is 19.9 Å². The number of alkyl halides is 2. The molecule has 2 N–H and O–H groups in total. The Morgan fingerprint density at radius 2 is 1.68 bits per heavy atom. The van der Waals surface area contributed by atoms with E-state index in [1.165, 1.54) is 19.2 Å². The van der Waals surface area contributed by atoms with Gasteiger partial charge in [-0.25, -0.2) is 8.78 Å². The van der Waals surface area contributed by atoms with Crippen molar-refractivity contribution in [2.75, 3.05) is 59.3 Å². The van der Waals surface area contributed by atoms with Gasteiger partial charge in [-0.05, 0) is 48.7 Å². The van der Waals surface area contributed by atoms with Crippen LogP contribution in [-0.4, -0.2) is 118 Å². The second-order valence-corrected chi connectivity index (χ2v) is 22.0. The van der Waals surface area contributed by atoms with Gasteiger partial charge in [-0.15, -0.1) is 0 Å². The standard InChI is InChI=1S/C33H55BrF2N3O9PSi/c1-10-46-49(44,47-11-2)20-31(42)38(9)16-30(41)39-21-33(35,36)15-27(39)19-45-29-14-25(34)12-13-28(29)32(43)37-26(17-40)18-48-50(22(3)4,23(5)6)24(7)8/h12-14,22-24,26-27,40H,10-11,15-21H2,1-9H3,(H,37,43)/t26-,27+/m1/s1. The van der Waals surface area contributed by atoms with E-state index >= 15 is 0 Å². The highest BCUT2D eigenvalue weighted by Gasteiger charge is 2.48. The number of carbonyl (C=O) groups is 3. The van der Waals surface area contributed by atoms with Crippen molar-refractivity contribution in [1.29, 1.82) is 0 Å². The maximum atomic E-state index is 14.7. The quantitative estimate of drug-likeness (QED) is 0.118. The van der Waals surface area contributed by atoms with Crippen molar-refractivity contribution in [3.8, 4) is 5.75 Å². The Hall–Kier alpha value is -1.94. The number of hydrogen-bond acceptors (Lipinski definition) is 9. The molecule has 1 aliphatic rings. The van der Waals surface area contributed by atoms with Gasteiger partial charge in [0.25, 0.3) is 11.8 Å². The van der Waals surface area contributed by atoms with Crippen LogP contribution < -0.4 is 10.1 Å². The number of aliphatic hydroxyl groups excluding tert-OH is 1. The molecule has 1 heterocycles. The molecule has 0 aromatic heterocycles. The van der Waals surface area contributed by atoms with Gasteiger partial charge in [0.05, 0.1) is 57.2 Å². The lowest BCUT2D eigenvalue weighted by Crippen LogP contribution is -2.51. The highest BCUT2D eigenvalue weighted by Crippen LogP contribution is 2.48. The molecule has 17 heteroatoms. The Balaban J connectivity index is 2.18. The zero-order valence-electron chi connectivity index (χ0n) is 30.7. The average molecular weight is 815 g/mol. The largest absolute Gasteiger partial charge is 0.491 e. The van der Waals surface area contributed by atoms with Gasteiger partial charge in [0.2, 0.25) is 11.8 Å². The average Bonchev–Trinajstić information content (AvgIpc) is 3.33. The molecule has 2 rings (SSSR count). The van der Waals surface area contributed by atoms with E-state index in [9.17, 15) is 32.8 Å². The van der Waals surface area contributed by atoms with Gasteiger partial charge in [0.1, 0.15) is 18.5 Å². The number of rotatable bonds is 20. The molecule has 0 unspecified atom stereocenters. The lowest BCUT2D eigenvalue weighted by Gasteiger charge is -2.43. The summed E-state index contributed by atoms with van der Waals surface area (Å²) in [6.45, 7) is 14.1. The molecule has 1 saturated heterocycles. The SMILES string of the molecule is CCOP(=O)(CC(=O)N(C)CC(=O)N1CC(F)(F)C[C@H]1COc1cc(Br)ccc1C(=O)N[C@H](CO)CO[Si](C(C)C)(C(C)C)C(C)C)OCC. The van der Waals surface area contributed by atoms with Crippen molar-refractivity contribution >= 4 is 49.6 Å². The van der Waals surface area contributed by atoms with Crippen molar-refractivity contribution in [1.82, 2.24) is 15.1 Å². The first-order chi connectivity index (χ1) is 23.2. The number of ether oxygens (including phenoxy) is 1. The van der Waals surface area contributed by atoms with E-state index in [-0.39, 0.29) is 44.3 Å². The predicted octanol–water partition coefficient (Wildman–Crippen LogP) is 6.07. The normalized spacial score (nSPS) is 17.0. The lowest BCUT2D eigenvalue weighted by atomic mass is 10.1. The molecule has 1 fully saturated rings. The van der Waals surface area contributed by atoms with Crippen LogP contribution >= 0.6 is 23.5 Å². The van der Waals surface area contributed by atoms with Gasteiger partial charge in [-0.3, -0.25) is 18.9 Å². The second-order valence-electron chi connectivity index (χ2n) is 13.5. The molecule has 0 spiro atoms. The van der Waals surface area contributed by atoms with Gasteiger partial charge in [0.15, 0.2) is 8.32 Å². The molecule has 0 saturated carbocycles. The molecule has 286 valence electrons. The summed E-state index contributed by atoms with van der Waals surface area (Å²) in [6.07, 6.45) is -1.29. The van der Waals surface area contributed by atoms with E-state index in [0.717, 1.165) is 9.80 Å². The molecular weight excluding hydrogens is 759 g/mol. The molecule has 0 aliphatic carbocycles. The number of likely N-dealkylation sites (N-methyl/N-ethyl adjacent to an activating group) is 1. The van der Waals surface area contributed by atoms with Gasteiger partial charge in [-0.2, -0.15) is 0 Å². The van der Waals surface area contributed by atoms with E-state index < -0.39 is 77.3 Å². The second kappa shape index (κ2) is 19.2. The Labute approximate surface area is 304 Å². The van der Waals surface area contributed by atoms with Crippen LogP contribution in [0, 0.1) is 0 Å². The van der Waals surface area contributed by atoms with Gasteiger partial charge < -0.3 is 38.4 Å². The van der Waals surface area contributed by atoms with E-state index in [4.69, 9.17) is 18.2 Å². The predicted molar refractivity (Wildman–Crippen MR) is 193 cm³/mol. The number of carbonyl (C=O) groups excluding carboxylic acids is 3. The molecule has 12 nitrogen and oxygen atoms in total. The fraction of sp³-hybridized carbons (Fsp3) is 0.727. The molecule has 1 aromatic carbocycles. The minimum Gasteiger partial charge on any atom is -0.491 e. The number of nitrogens with zero attached hydrogens (tertiary/aromatic N) is 2. The minimum atomic E-state index is -3.74. The van der Waals surface area contributed by atoms with Gasteiger partial charge >= 0.3 is 7.60 Å². The fourth-order valence-corrected chi connectivity index (χ4v) is 14.1. The first-order valence-electron chi connectivity index (χ1n) is 17.0. The Morgan fingerprint density at radius 1 is 1.10 bits per heavy atom. The van der Waals surface area contributed by atoms with Gasteiger partial charge in [0, 0.05) is 17.9 Å². The summed E-state index contributed by atoms with van der Waals surface area (Å²) in [7, 11) is -4.72. The smallest absolute Gasteiger partial charge is 0.340 e. The summed E-state index contributed by atoms with van der Waals surface area (Å²) in [5.74, 6) is -5.14. The minimum absolute atomic E-state index is 0.0481. The lowest BCUT2D eigenvalue weighted by molar-refractivity contribution is -0.140. The Bertz CT molecular complexity index is 1330. The maximum Gasteiger partial charge on any atom is 0.340 e. The summed E-state index contributed by atoms with van der Waals surface area (Å²) in [5, 5.41) is 13.0. The third-order valence-corrected chi connectivity index (χ3v) is 17.4. The fourth-order valence-electron chi connectivity index (χ4n) is 6.67. The third-order valence-electron chi connectivity index (χ3n) is 8.89. The number of benzene rings is 1. The van der Waals surface area contributed by atoms with Crippen LogP contribution in [0.2, 0.25) is 16.6 Å². The highest BCUT2D eigenvalue weighted by atomic mass is 79.9. The summed E-state index contributed by atoms with van der Waals surface area (Å²) in [4.78, 5) is 41.5. The Morgan fingerprint density at radius 3 is 2.20 bits per heavy atom. The monoisotopic (exact) mass is 813 g/mol. The van der Waals surface area contributed by atoms with Crippen LogP contribution in [-0.2, 0) is 27.6 Å². The van der Waals surface area contributed by atoms with Crippen molar-refractivity contribution in [3.05, 3.63) is 28.2 Å². The van der Waals surface area contributed by atoms with Crippen LogP contribution in [0.5, 0.6) is 5.75 Å². The number of likely N-dealkylation sites (tertiary alicyclic amines) is 1. The molecule has 1 aliphatic heterocycles. The van der Waals surface area contributed by atoms with Crippen molar-refractivity contribution in [2.45, 2.75) is 96.4 Å². The molecule has 0 bridgehead atoms. The number of nitrogens with one attached hydrogen (secondary N) is 1. The molecule has 1 aromatic rings. The molecule has 0 radical (unpaired) electrons. The van der Waals surface area contributed by atoms with E-state index in [1.807, 2.05) is 0 Å². The topological polar surface area (TPSA) is 144 Å². The van der Waals surface area contributed by atoms with Crippen LogP contribution in [0.1, 0.15) is 72.2 Å². The molecule has 50 heavy (non-hydrogen) atoms. The number of halogens is 3. The summed E-state index contributed by atoms with van der Waals surface area (Å²) >= 11 is 3.36. The number of aliphatic hydroxyl groups is 1. The van der Waals surface area contributed by atoms with E-state index in [0.29, 0.717) is 21.1 Å². The van der Waals surface area contributed by atoms with E-state index in [2.05, 4.69) is 62.8 Å². The van der Waals surface area contributed by atoms with Gasteiger partial charge in [-0.1, -0.05) is 57.5 Å². The summed E-state index contributed by atoms with van der Waals surface area (Å²) < 4.78 is 65.5. The zero-order valence-corrected chi connectivity index (χ0v) is 34.2. The van der Waals surface area contributed by atoms with Crippen LogP contribution in [0.3, 0.4) is 0 Å². The van der Waals surface area contributed by atoms with Crippen molar-refractivity contribution < 1.29 is 51.0 Å². The first kappa shape index (κ1) is 44.2. The molecule has 3 amide bonds.